The molecular formula is C11H13ClN2O2. The molecule has 0 spiro atoms. The SMILES string of the molecule is N#CCOc1cccc(NCC(O)CCl)c1. The first-order valence-electron chi connectivity index (χ1n) is 4.84. The van der Waals surface area contributed by atoms with Crippen molar-refractivity contribution in [2.45, 2.75) is 6.10 Å². The molecule has 2 N–H and O–H groups in total. The second-order valence-electron chi connectivity index (χ2n) is 3.16. The predicted molar refractivity (Wildman–Crippen MR) is 62.8 cm³/mol. The van der Waals surface area contributed by atoms with Crippen LogP contribution >= 0.6 is 11.6 Å². The summed E-state index contributed by atoms with van der Waals surface area (Å²) in [5.41, 5.74) is 0.819. The van der Waals surface area contributed by atoms with Gasteiger partial charge < -0.3 is 15.2 Å². The van der Waals surface area contributed by atoms with Gasteiger partial charge in [-0.1, -0.05) is 6.07 Å². The van der Waals surface area contributed by atoms with Crippen molar-refractivity contribution in [2.75, 3.05) is 24.3 Å². The van der Waals surface area contributed by atoms with Gasteiger partial charge in [0.2, 0.25) is 0 Å². The van der Waals surface area contributed by atoms with Crippen LogP contribution in [0.1, 0.15) is 0 Å². The molecule has 0 fully saturated rings. The van der Waals surface area contributed by atoms with Crippen LogP contribution in [-0.2, 0) is 0 Å². The van der Waals surface area contributed by atoms with Crippen LogP contribution in [0.3, 0.4) is 0 Å². The van der Waals surface area contributed by atoms with E-state index in [1.807, 2.05) is 18.2 Å². The van der Waals surface area contributed by atoms with E-state index in [0.717, 1.165) is 5.69 Å². The monoisotopic (exact) mass is 240 g/mol. The molecule has 4 nitrogen and oxygen atoms in total. The van der Waals surface area contributed by atoms with Crippen molar-refractivity contribution in [1.29, 1.82) is 5.26 Å². The Morgan fingerprint density at radius 3 is 3.06 bits per heavy atom. The summed E-state index contributed by atoms with van der Waals surface area (Å²) >= 11 is 5.47. The number of halogens is 1. The van der Waals surface area contributed by atoms with Gasteiger partial charge >= 0.3 is 0 Å². The van der Waals surface area contributed by atoms with Crippen LogP contribution in [0.4, 0.5) is 5.69 Å². The third kappa shape index (κ3) is 4.39. The molecule has 0 amide bonds. The lowest BCUT2D eigenvalue weighted by Gasteiger charge is -2.10. The summed E-state index contributed by atoms with van der Waals surface area (Å²) in [6.07, 6.45) is -0.578. The normalized spacial score (nSPS) is 11.6. The fourth-order valence-electron chi connectivity index (χ4n) is 1.10. The third-order valence-corrected chi connectivity index (χ3v) is 2.21. The lowest BCUT2D eigenvalue weighted by molar-refractivity contribution is 0.211. The number of benzene rings is 1. The first-order valence-corrected chi connectivity index (χ1v) is 5.37. The molecule has 5 heteroatoms. The molecule has 0 heterocycles. The summed E-state index contributed by atoms with van der Waals surface area (Å²) in [7, 11) is 0. The van der Waals surface area contributed by atoms with Crippen molar-refractivity contribution in [3.63, 3.8) is 0 Å². The fraction of sp³-hybridized carbons (Fsp3) is 0.364. The number of aliphatic hydroxyl groups excluding tert-OH is 1. The van der Waals surface area contributed by atoms with Gasteiger partial charge in [-0.2, -0.15) is 5.26 Å². The Morgan fingerprint density at radius 1 is 1.56 bits per heavy atom. The zero-order valence-electron chi connectivity index (χ0n) is 8.69. The van der Waals surface area contributed by atoms with Crippen LogP contribution in [0.25, 0.3) is 0 Å². The lowest BCUT2D eigenvalue weighted by atomic mass is 10.3. The van der Waals surface area contributed by atoms with Gasteiger partial charge in [-0.05, 0) is 12.1 Å². The van der Waals surface area contributed by atoms with E-state index in [-0.39, 0.29) is 12.5 Å². The number of alkyl halides is 1. The van der Waals surface area contributed by atoms with Crippen LogP contribution in [0, 0.1) is 11.3 Å². The van der Waals surface area contributed by atoms with Crippen molar-refractivity contribution in [3.05, 3.63) is 24.3 Å². The summed E-state index contributed by atoms with van der Waals surface area (Å²) in [6.45, 7) is 0.402. The van der Waals surface area contributed by atoms with Gasteiger partial charge in [0, 0.05) is 18.3 Å². The molecule has 0 aliphatic rings. The second kappa shape index (κ2) is 6.94. The Kier molecular flexibility index (Phi) is 5.48. The molecule has 0 aliphatic heterocycles. The van der Waals surface area contributed by atoms with Crippen LogP contribution in [0.5, 0.6) is 5.75 Å². The number of nitrogens with one attached hydrogen (secondary N) is 1. The van der Waals surface area contributed by atoms with Crippen LogP contribution in [0.2, 0.25) is 0 Å². The molecule has 1 rings (SSSR count). The number of aliphatic hydroxyl groups is 1. The van der Waals surface area contributed by atoms with Crippen molar-refractivity contribution >= 4 is 17.3 Å². The molecule has 1 aromatic rings. The number of rotatable bonds is 6. The summed E-state index contributed by atoms with van der Waals surface area (Å²) in [5, 5.41) is 20.6. The first kappa shape index (κ1) is 12.6. The minimum atomic E-state index is -0.578. The van der Waals surface area contributed by atoms with Crippen LogP contribution in [-0.4, -0.2) is 30.2 Å². The Bertz CT molecular complexity index is 365. The van der Waals surface area contributed by atoms with E-state index in [1.165, 1.54) is 0 Å². The average molecular weight is 241 g/mol. The molecule has 16 heavy (non-hydrogen) atoms. The number of nitriles is 1. The van der Waals surface area contributed by atoms with E-state index in [1.54, 1.807) is 12.1 Å². The zero-order valence-corrected chi connectivity index (χ0v) is 9.44. The highest BCUT2D eigenvalue weighted by molar-refractivity contribution is 6.18. The van der Waals surface area contributed by atoms with E-state index in [0.29, 0.717) is 12.3 Å². The van der Waals surface area contributed by atoms with Gasteiger partial charge in [0.25, 0.3) is 0 Å². The Morgan fingerprint density at radius 2 is 2.38 bits per heavy atom. The quantitative estimate of drug-likeness (QED) is 0.742. The highest BCUT2D eigenvalue weighted by Crippen LogP contribution is 2.17. The summed E-state index contributed by atoms with van der Waals surface area (Å²) in [4.78, 5) is 0. The highest BCUT2D eigenvalue weighted by Gasteiger charge is 2.02. The summed E-state index contributed by atoms with van der Waals surface area (Å²) < 4.78 is 5.14. The Hall–Kier alpha value is -1.44. The van der Waals surface area contributed by atoms with E-state index in [2.05, 4.69) is 5.32 Å². The largest absolute Gasteiger partial charge is 0.479 e. The maximum atomic E-state index is 9.26. The first-order chi connectivity index (χ1) is 7.76. The van der Waals surface area contributed by atoms with E-state index < -0.39 is 6.10 Å². The molecule has 0 bridgehead atoms. The van der Waals surface area contributed by atoms with Crippen molar-refractivity contribution in [1.82, 2.24) is 0 Å². The number of anilines is 1. The number of nitrogens with zero attached hydrogens (tertiary/aromatic N) is 1. The van der Waals surface area contributed by atoms with Gasteiger partial charge in [-0.25, -0.2) is 0 Å². The Balaban J connectivity index is 2.50. The maximum absolute atomic E-state index is 9.26. The highest BCUT2D eigenvalue weighted by atomic mass is 35.5. The van der Waals surface area contributed by atoms with E-state index in [4.69, 9.17) is 21.6 Å². The summed E-state index contributed by atoms with van der Waals surface area (Å²) in [6, 6.07) is 9.08. The van der Waals surface area contributed by atoms with Gasteiger partial charge in [0.15, 0.2) is 6.61 Å². The van der Waals surface area contributed by atoms with Crippen molar-refractivity contribution in [2.24, 2.45) is 0 Å². The molecule has 0 aromatic heterocycles. The van der Waals surface area contributed by atoms with Gasteiger partial charge in [0.05, 0.1) is 12.0 Å². The summed E-state index contributed by atoms with van der Waals surface area (Å²) in [5.74, 6) is 0.810. The van der Waals surface area contributed by atoms with E-state index in [9.17, 15) is 5.11 Å². The minimum absolute atomic E-state index is 0.0216. The van der Waals surface area contributed by atoms with Crippen molar-refractivity contribution < 1.29 is 9.84 Å². The standard InChI is InChI=1S/C11H13ClN2O2/c12-7-10(15)8-14-9-2-1-3-11(6-9)16-5-4-13/h1-3,6,10,14-15H,5,7-8H2. The van der Waals surface area contributed by atoms with Crippen molar-refractivity contribution in [3.8, 4) is 11.8 Å². The molecule has 0 aliphatic carbocycles. The number of hydrogen-bond donors (Lipinski definition) is 2. The van der Waals surface area contributed by atoms with Crippen LogP contribution < -0.4 is 10.1 Å². The van der Waals surface area contributed by atoms with E-state index >= 15 is 0 Å². The molecule has 0 saturated heterocycles. The Labute approximate surface area is 99.4 Å². The van der Waals surface area contributed by atoms with Gasteiger partial charge in [-0.15, -0.1) is 11.6 Å². The molecule has 86 valence electrons. The maximum Gasteiger partial charge on any atom is 0.174 e. The molecule has 1 aromatic carbocycles. The molecule has 1 atom stereocenters. The third-order valence-electron chi connectivity index (χ3n) is 1.86. The number of ether oxygens (including phenoxy) is 1. The molecule has 0 radical (unpaired) electrons. The zero-order chi connectivity index (χ0) is 11.8. The fourth-order valence-corrected chi connectivity index (χ4v) is 1.21. The van der Waals surface area contributed by atoms with Gasteiger partial charge in [-0.3, -0.25) is 0 Å². The topological polar surface area (TPSA) is 65.3 Å². The molecule has 0 saturated carbocycles. The number of hydrogen-bond acceptors (Lipinski definition) is 4. The molecule has 1 unspecified atom stereocenters. The predicted octanol–water partition coefficient (Wildman–Crippen LogP) is 1.60. The van der Waals surface area contributed by atoms with Gasteiger partial charge in [0.1, 0.15) is 11.8 Å². The average Bonchev–Trinajstić information content (AvgIpc) is 2.34. The second-order valence-corrected chi connectivity index (χ2v) is 3.47. The lowest BCUT2D eigenvalue weighted by Crippen LogP contribution is -2.20. The molecular weight excluding hydrogens is 228 g/mol. The van der Waals surface area contributed by atoms with Crippen LogP contribution in [0.15, 0.2) is 24.3 Å². The minimum Gasteiger partial charge on any atom is -0.479 e. The smallest absolute Gasteiger partial charge is 0.174 e.